The highest BCUT2D eigenvalue weighted by Gasteiger charge is 2.11. The zero-order valence-corrected chi connectivity index (χ0v) is 17.5. The topological polar surface area (TPSA) is 33.1 Å². The summed E-state index contributed by atoms with van der Waals surface area (Å²) < 4.78 is 2.06. The van der Waals surface area contributed by atoms with Crippen LogP contribution < -0.4 is 5.32 Å². The molecule has 1 N–H and O–H groups in total. The van der Waals surface area contributed by atoms with Crippen molar-refractivity contribution >= 4 is 17.3 Å². The van der Waals surface area contributed by atoms with Gasteiger partial charge in [-0.2, -0.15) is 5.10 Å². The van der Waals surface area contributed by atoms with Gasteiger partial charge in [-0.3, -0.25) is 4.68 Å². The van der Waals surface area contributed by atoms with Gasteiger partial charge in [0.1, 0.15) is 0 Å². The summed E-state index contributed by atoms with van der Waals surface area (Å²) in [6.07, 6.45) is 0.979. The Morgan fingerprint density at radius 3 is 2.04 bits per heavy atom. The lowest BCUT2D eigenvalue weighted by Gasteiger charge is -2.26. The molecule has 0 unspecified atom stereocenters. The van der Waals surface area contributed by atoms with Gasteiger partial charge in [0, 0.05) is 31.9 Å². The number of hydrogen-bond acceptors (Lipinski definition) is 2. The van der Waals surface area contributed by atoms with E-state index in [0.29, 0.717) is 0 Å². The van der Waals surface area contributed by atoms with E-state index in [4.69, 9.17) is 12.2 Å². The van der Waals surface area contributed by atoms with Gasteiger partial charge >= 0.3 is 0 Å². The third kappa shape index (κ3) is 5.92. The van der Waals surface area contributed by atoms with E-state index in [1.165, 1.54) is 16.8 Å². The van der Waals surface area contributed by atoms with Gasteiger partial charge in [0.05, 0.1) is 5.69 Å². The molecule has 28 heavy (non-hydrogen) atoms. The number of benzene rings is 2. The first kappa shape index (κ1) is 20.1. The Balaban J connectivity index is 1.57. The maximum atomic E-state index is 5.73. The van der Waals surface area contributed by atoms with Crippen molar-refractivity contribution in [1.29, 1.82) is 0 Å². The van der Waals surface area contributed by atoms with Crippen molar-refractivity contribution in [3.63, 3.8) is 0 Å². The summed E-state index contributed by atoms with van der Waals surface area (Å²) in [4.78, 5) is 2.23. The number of hydrogen-bond donors (Lipinski definition) is 1. The summed E-state index contributed by atoms with van der Waals surface area (Å²) >= 11 is 5.73. The Morgan fingerprint density at radius 2 is 1.54 bits per heavy atom. The molecule has 0 aliphatic heterocycles. The Morgan fingerprint density at radius 1 is 0.964 bits per heavy atom. The first-order valence-corrected chi connectivity index (χ1v) is 10.1. The van der Waals surface area contributed by atoms with Crippen LogP contribution in [-0.4, -0.2) is 26.3 Å². The van der Waals surface area contributed by atoms with Gasteiger partial charge in [0.2, 0.25) is 0 Å². The summed E-state index contributed by atoms with van der Waals surface area (Å²) in [7, 11) is 0. The second-order valence-corrected chi connectivity index (χ2v) is 7.45. The molecule has 0 fully saturated rings. The third-order valence-electron chi connectivity index (χ3n) is 4.65. The van der Waals surface area contributed by atoms with Crippen LogP contribution in [0.2, 0.25) is 0 Å². The Labute approximate surface area is 173 Å². The molecule has 2 aromatic carbocycles. The van der Waals surface area contributed by atoms with Crippen LogP contribution in [0.5, 0.6) is 0 Å². The van der Waals surface area contributed by atoms with Crippen LogP contribution in [0.15, 0.2) is 66.7 Å². The van der Waals surface area contributed by atoms with Crippen LogP contribution in [0.4, 0.5) is 0 Å². The second kappa shape index (κ2) is 10.0. The first-order valence-electron chi connectivity index (χ1n) is 9.73. The second-order valence-electron chi connectivity index (χ2n) is 7.06. The quantitative estimate of drug-likeness (QED) is 0.453. The van der Waals surface area contributed by atoms with Crippen molar-refractivity contribution in [1.82, 2.24) is 20.0 Å². The van der Waals surface area contributed by atoms with Crippen molar-refractivity contribution in [2.75, 3.05) is 6.54 Å². The fourth-order valence-electron chi connectivity index (χ4n) is 3.24. The van der Waals surface area contributed by atoms with Gasteiger partial charge in [-0.05, 0) is 49.7 Å². The molecule has 0 saturated carbocycles. The molecule has 146 valence electrons. The van der Waals surface area contributed by atoms with Crippen molar-refractivity contribution in [2.24, 2.45) is 0 Å². The molecule has 3 aromatic rings. The zero-order valence-electron chi connectivity index (χ0n) is 16.6. The van der Waals surface area contributed by atoms with E-state index in [0.717, 1.165) is 43.4 Å². The lowest BCUT2D eigenvalue weighted by Crippen LogP contribution is -2.39. The molecular formula is C23H28N4S. The Bertz CT molecular complexity index is 833. The summed E-state index contributed by atoms with van der Waals surface area (Å²) in [6, 6.07) is 23.0. The van der Waals surface area contributed by atoms with E-state index in [2.05, 4.69) is 81.5 Å². The average molecular weight is 393 g/mol. The molecule has 1 aromatic heterocycles. The monoisotopic (exact) mass is 392 g/mol. The van der Waals surface area contributed by atoms with Gasteiger partial charge in [-0.1, -0.05) is 60.7 Å². The van der Waals surface area contributed by atoms with Crippen molar-refractivity contribution in [3.05, 3.63) is 89.2 Å². The SMILES string of the molecule is Cc1cc(C)n(CCCNC(=S)N(Cc2ccccc2)Cc2ccccc2)n1. The van der Waals surface area contributed by atoms with Gasteiger partial charge < -0.3 is 10.2 Å². The molecule has 0 saturated heterocycles. The Hall–Kier alpha value is -2.66. The zero-order chi connectivity index (χ0) is 19.8. The largest absolute Gasteiger partial charge is 0.362 e. The fourth-order valence-corrected chi connectivity index (χ4v) is 3.48. The summed E-state index contributed by atoms with van der Waals surface area (Å²) in [5.74, 6) is 0. The maximum Gasteiger partial charge on any atom is 0.169 e. The predicted molar refractivity (Wildman–Crippen MR) is 119 cm³/mol. The minimum Gasteiger partial charge on any atom is -0.362 e. The lowest BCUT2D eigenvalue weighted by atomic mass is 10.2. The molecule has 0 aliphatic carbocycles. The van der Waals surface area contributed by atoms with E-state index < -0.39 is 0 Å². The van der Waals surface area contributed by atoms with E-state index in [-0.39, 0.29) is 0 Å². The highest BCUT2D eigenvalue weighted by atomic mass is 32.1. The molecule has 0 amide bonds. The smallest absolute Gasteiger partial charge is 0.169 e. The van der Waals surface area contributed by atoms with Crippen LogP contribution in [-0.2, 0) is 19.6 Å². The molecule has 0 atom stereocenters. The molecule has 5 heteroatoms. The van der Waals surface area contributed by atoms with Gasteiger partial charge in [0.15, 0.2) is 5.11 Å². The molecule has 1 heterocycles. The van der Waals surface area contributed by atoms with E-state index in [1.807, 2.05) is 19.1 Å². The third-order valence-corrected chi connectivity index (χ3v) is 5.05. The number of thiocarbonyl (C=S) groups is 1. The number of aryl methyl sites for hydroxylation is 3. The van der Waals surface area contributed by atoms with Crippen LogP contribution >= 0.6 is 12.2 Å². The highest BCUT2D eigenvalue weighted by Crippen LogP contribution is 2.11. The van der Waals surface area contributed by atoms with Crippen LogP contribution in [0, 0.1) is 13.8 Å². The number of aromatic nitrogens is 2. The van der Waals surface area contributed by atoms with Crippen molar-refractivity contribution < 1.29 is 0 Å². The minimum atomic E-state index is 0.791. The molecule has 0 radical (unpaired) electrons. The van der Waals surface area contributed by atoms with E-state index in [1.54, 1.807) is 0 Å². The molecule has 4 nitrogen and oxygen atoms in total. The van der Waals surface area contributed by atoms with E-state index in [9.17, 15) is 0 Å². The van der Waals surface area contributed by atoms with Crippen molar-refractivity contribution in [2.45, 2.75) is 39.9 Å². The van der Waals surface area contributed by atoms with Crippen LogP contribution in [0.3, 0.4) is 0 Å². The highest BCUT2D eigenvalue weighted by molar-refractivity contribution is 7.80. The number of nitrogens with zero attached hydrogens (tertiary/aromatic N) is 3. The molecule has 0 bridgehead atoms. The Kier molecular flexibility index (Phi) is 7.20. The van der Waals surface area contributed by atoms with Gasteiger partial charge in [-0.25, -0.2) is 0 Å². The normalized spacial score (nSPS) is 10.6. The number of rotatable bonds is 8. The van der Waals surface area contributed by atoms with Gasteiger partial charge in [-0.15, -0.1) is 0 Å². The molecule has 0 aliphatic rings. The number of nitrogens with one attached hydrogen (secondary N) is 1. The molecule has 3 rings (SSSR count). The first-order chi connectivity index (χ1) is 13.6. The van der Waals surface area contributed by atoms with Gasteiger partial charge in [0.25, 0.3) is 0 Å². The fraction of sp³-hybridized carbons (Fsp3) is 0.304. The predicted octanol–water partition coefficient (Wildman–Crippen LogP) is 4.47. The van der Waals surface area contributed by atoms with Crippen molar-refractivity contribution in [3.8, 4) is 0 Å². The summed E-state index contributed by atoms with van der Waals surface area (Å²) in [5, 5.41) is 8.75. The average Bonchev–Trinajstić information content (AvgIpc) is 3.03. The van der Waals surface area contributed by atoms with Crippen LogP contribution in [0.25, 0.3) is 0 Å². The molecular weight excluding hydrogens is 364 g/mol. The lowest BCUT2D eigenvalue weighted by molar-refractivity contribution is 0.397. The summed E-state index contributed by atoms with van der Waals surface area (Å²) in [5.41, 5.74) is 4.78. The van der Waals surface area contributed by atoms with E-state index >= 15 is 0 Å². The molecule has 0 spiro atoms. The maximum absolute atomic E-state index is 5.73. The minimum absolute atomic E-state index is 0.791. The summed E-state index contributed by atoms with van der Waals surface area (Å²) in [6.45, 7) is 7.43. The standard InChI is InChI=1S/C23H28N4S/c1-19-16-20(2)27(25-19)15-9-14-24-23(28)26(17-21-10-5-3-6-11-21)18-22-12-7-4-8-13-22/h3-8,10-13,16H,9,14-15,17-18H2,1-2H3,(H,24,28). The van der Waals surface area contributed by atoms with Crippen LogP contribution in [0.1, 0.15) is 28.9 Å².